The Morgan fingerprint density at radius 1 is 1.36 bits per heavy atom. The summed E-state index contributed by atoms with van der Waals surface area (Å²) in [5, 5.41) is 7.85. The number of aromatic nitrogens is 2. The van der Waals surface area contributed by atoms with E-state index < -0.39 is 0 Å². The SMILES string of the molecule is CCCCn1nc(C)c(C=CC(=O)Nc2ccccc2N2CCCC2=O)c1Cl. The molecule has 0 aliphatic carbocycles. The van der Waals surface area contributed by atoms with Gasteiger partial charge in [0.2, 0.25) is 11.8 Å². The van der Waals surface area contributed by atoms with Crippen LogP contribution < -0.4 is 10.2 Å². The molecule has 0 saturated carbocycles. The van der Waals surface area contributed by atoms with Crippen LogP contribution in [0.3, 0.4) is 0 Å². The number of unbranched alkanes of at least 4 members (excludes halogenated alkanes) is 1. The fraction of sp³-hybridized carbons (Fsp3) is 0.381. The van der Waals surface area contributed by atoms with Crippen LogP contribution in [0.2, 0.25) is 5.15 Å². The molecule has 0 bridgehead atoms. The number of benzene rings is 1. The molecule has 1 aromatic carbocycles. The first kappa shape index (κ1) is 20.1. The van der Waals surface area contributed by atoms with Crippen molar-refractivity contribution in [1.29, 1.82) is 0 Å². The van der Waals surface area contributed by atoms with E-state index >= 15 is 0 Å². The third-order valence-corrected chi connectivity index (χ3v) is 5.16. The third kappa shape index (κ3) is 4.44. The van der Waals surface area contributed by atoms with Gasteiger partial charge < -0.3 is 10.2 Å². The third-order valence-electron chi connectivity index (χ3n) is 4.76. The van der Waals surface area contributed by atoms with Crippen LogP contribution in [0.15, 0.2) is 30.3 Å². The molecule has 1 aliphatic rings. The number of hydrogen-bond acceptors (Lipinski definition) is 3. The number of halogens is 1. The van der Waals surface area contributed by atoms with Crippen LogP contribution >= 0.6 is 11.6 Å². The maximum Gasteiger partial charge on any atom is 0.248 e. The molecule has 3 rings (SSSR count). The zero-order valence-electron chi connectivity index (χ0n) is 16.2. The summed E-state index contributed by atoms with van der Waals surface area (Å²) in [6.07, 6.45) is 6.57. The summed E-state index contributed by atoms with van der Waals surface area (Å²) in [7, 11) is 0. The summed E-state index contributed by atoms with van der Waals surface area (Å²) in [6.45, 7) is 5.42. The average Bonchev–Trinajstić information content (AvgIpc) is 3.22. The Labute approximate surface area is 170 Å². The molecule has 6 nitrogen and oxygen atoms in total. The van der Waals surface area contributed by atoms with E-state index in [2.05, 4.69) is 17.3 Å². The summed E-state index contributed by atoms with van der Waals surface area (Å²) in [5.41, 5.74) is 2.88. The average molecular weight is 401 g/mol. The number of amides is 2. The Morgan fingerprint density at radius 2 is 2.14 bits per heavy atom. The highest BCUT2D eigenvalue weighted by Crippen LogP contribution is 2.29. The molecule has 1 aliphatic heterocycles. The predicted octanol–water partition coefficient (Wildman–Crippen LogP) is 4.42. The Hall–Kier alpha value is -2.60. The zero-order valence-corrected chi connectivity index (χ0v) is 17.0. The molecule has 7 heteroatoms. The van der Waals surface area contributed by atoms with E-state index in [1.165, 1.54) is 6.08 Å². The molecule has 0 radical (unpaired) electrons. The van der Waals surface area contributed by atoms with Gasteiger partial charge in [-0.25, -0.2) is 0 Å². The Bertz CT molecular complexity index is 904. The first-order valence-corrected chi connectivity index (χ1v) is 10.0. The lowest BCUT2D eigenvalue weighted by Crippen LogP contribution is -2.25. The van der Waals surface area contributed by atoms with Gasteiger partial charge >= 0.3 is 0 Å². The maximum absolute atomic E-state index is 12.5. The zero-order chi connectivity index (χ0) is 20.1. The lowest BCUT2D eigenvalue weighted by atomic mass is 10.2. The quantitative estimate of drug-likeness (QED) is 0.699. The van der Waals surface area contributed by atoms with Crippen LogP contribution in [0, 0.1) is 6.92 Å². The fourth-order valence-corrected chi connectivity index (χ4v) is 3.59. The van der Waals surface area contributed by atoms with E-state index in [4.69, 9.17) is 11.6 Å². The Morgan fingerprint density at radius 3 is 2.86 bits per heavy atom. The highest BCUT2D eigenvalue weighted by atomic mass is 35.5. The number of anilines is 2. The second-order valence-corrected chi connectivity index (χ2v) is 7.21. The molecular formula is C21H25ClN4O2. The van der Waals surface area contributed by atoms with E-state index in [0.29, 0.717) is 23.8 Å². The van der Waals surface area contributed by atoms with Crippen LogP contribution in [-0.2, 0) is 16.1 Å². The van der Waals surface area contributed by atoms with Gasteiger partial charge in [-0.05, 0) is 38.0 Å². The number of nitrogens with one attached hydrogen (secondary N) is 1. The molecule has 1 aromatic heterocycles. The molecule has 1 saturated heterocycles. The maximum atomic E-state index is 12.5. The fourth-order valence-electron chi connectivity index (χ4n) is 3.26. The van der Waals surface area contributed by atoms with Gasteiger partial charge in [0, 0.05) is 31.1 Å². The summed E-state index contributed by atoms with van der Waals surface area (Å²) in [5.74, 6) is -0.199. The van der Waals surface area contributed by atoms with E-state index in [9.17, 15) is 9.59 Å². The van der Waals surface area contributed by atoms with Gasteiger partial charge in [0.05, 0.1) is 17.1 Å². The van der Waals surface area contributed by atoms with Crippen LogP contribution in [0.5, 0.6) is 0 Å². The van der Waals surface area contributed by atoms with Crippen LogP contribution in [0.4, 0.5) is 11.4 Å². The molecule has 0 spiro atoms. The van der Waals surface area contributed by atoms with Crippen LogP contribution in [-0.4, -0.2) is 28.1 Å². The van der Waals surface area contributed by atoms with Gasteiger partial charge in [-0.2, -0.15) is 5.10 Å². The van der Waals surface area contributed by atoms with Gasteiger partial charge in [-0.3, -0.25) is 14.3 Å². The summed E-state index contributed by atoms with van der Waals surface area (Å²) in [4.78, 5) is 26.2. The molecule has 2 aromatic rings. The highest BCUT2D eigenvalue weighted by Gasteiger charge is 2.24. The number of para-hydroxylation sites is 2. The van der Waals surface area contributed by atoms with Crippen LogP contribution in [0.25, 0.3) is 6.08 Å². The lowest BCUT2D eigenvalue weighted by molar-refractivity contribution is -0.117. The van der Waals surface area contributed by atoms with Crippen LogP contribution in [0.1, 0.15) is 43.9 Å². The number of hydrogen-bond donors (Lipinski definition) is 1. The smallest absolute Gasteiger partial charge is 0.248 e. The van der Waals surface area contributed by atoms with Crippen molar-refractivity contribution in [2.75, 3.05) is 16.8 Å². The van der Waals surface area contributed by atoms with E-state index in [0.717, 1.165) is 42.8 Å². The van der Waals surface area contributed by atoms with E-state index in [1.807, 2.05) is 25.1 Å². The summed E-state index contributed by atoms with van der Waals surface area (Å²) < 4.78 is 1.77. The van der Waals surface area contributed by atoms with Crippen molar-refractivity contribution in [2.24, 2.45) is 0 Å². The van der Waals surface area contributed by atoms with Gasteiger partial charge in [-0.15, -0.1) is 0 Å². The van der Waals surface area contributed by atoms with Gasteiger partial charge in [0.25, 0.3) is 0 Å². The molecule has 0 unspecified atom stereocenters. The topological polar surface area (TPSA) is 67.2 Å². The molecule has 148 valence electrons. The normalized spacial score (nSPS) is 14.2. The van der Waals surface area contributed by atoms with E-state index in [-0.39, 0.29) is 11.8 Å². The minimum Gasteiger partial charge on any atom is -0.321 e. The van der Waals surface area contributed by atoms with Crippen molar-refractivity contribution in [3.05, 3.63) is 46.8 Å². The summed E-state index contributed by atoms with van der Waals surface area (Å²) in [6, 6.07) is 7.34. The number of nitrogens with zero attached hydrogens (tertiary/aromatic N) is 3. The van der Waals surface area contributed by atoms with E-state index in [1.54, 1.807) is 21.7 Å². The van der Waals surface area contributed by atoms with Crippen molar-refractivity contribution >= 4 is 40.9 Å². The predicted molar refractivity (Wildman–Crippen MR) is 113 cm³/mol. The molecule has 1 fully saturated rings. The van der Waals surface area contributed by atoms with Crippen molar-refractivity contribution in [2.45, 2.75) is 46.1 Å². The molecule has 0 atom stereocenters. The Kier molecular flexibility index (Phi) is 6.52. The monoisotopic (exact) mass is 400 g/mol. The minimum atomic E-state index is -0.282. The molecular weight excluding hydrogens is 376 g/mol. The second kappa shape index (κ2) is 9.06. The first-order valence-electron chi connectivity index (χ1n) is 9.62. The highest BCUT2D eigenvalue weighted by molar-refractivity contribution is 6.31. The van der Waals surface area contributed by atoms with Crippen molar-refractivity contribution < 1.29 is 9.59 Å². The van der Waals surface area contributed by atoms with Crippen molar-refractivity contribution in [3.8, 4) is 0 Å². The number of aryl methyl sites for hydroxylation is 2. The van der Waals surface area contributed by atoms with Gasteiger partial charge in [0.15, 0.2) is 0 Å². The van der Waals surface area contributed by atoms with Crippen molar-refractivity contribution in [3.63, 3.8) is 0 Å². The number of rotatable bonds is 7. The van der Waals surface area contributed by atoms with Gasteiger partial charge in [0.1, 0.15) is 5.15 Å². The Balaban J connectivity index is 1.73. The van der Waals surface area contributed by atoms with Gasteiger partial charge in [-0.1, -0.05) is 37.1 Å². The summed E-state index contributed by atoms with van der Waals surface area (Å²) >= 11 is 6.41. The molecule has 28 heavy (non-hydrogen) atoms. The number of carbonyl (C=O) groups excluding carboxylic acids is 2. The molecule has 2 amide bonds. The molecule has 1 N–H and O–H groups in total. The second-order valence-electron chi connectivity index (χ2n) is 6.86. The standard InChI is InChI=1S/C21H25ClN4O2/c1-3-4-14-26-21(22)16(15(2)24-26)11-12-19(27)23-17-8-5-6-9-18(17)25-13-7-10-20(25)28/h5-6,8-9,11-12H,3-4,7,10,13-14H2,1-2H3,(H,23,27). The van der Waals surface area contributed by atoms with Crippen molar-refractivity contribution in [1.82, 2.24) is 9.78 Å². The number of carbonyl (C=O) groups is 2. The lowest BCUT2D eigenvalue weighted by Gasteiger charge is -2.19. The molecule has 2 heterocycles. The first-order chi connectivity index (χ1) is 13.5. The minimum absolute atomic E-state index is 0.0825. The largest absolute Gasteiger partial charge is 0.321 e.